The lowest BCUT2D eigenvalue weighted by molar-refractivity contribution is 0.0757. The summed E-state index contributed by atoms with van der Waals surface area (Å²) in [6, 6.07) is 14.6. The molecule has 2 aromatic heterocycles. The maximum atomic E-state index is 13.1. The Morgan fingerprint density at radius 3 is 2.45 bits per heavy atom. The zero-order valence-corrected chi connectivity index (χ0v) is 19.0. The van der Waals surface area contributed by atoms with Gasteiger partial charge in [0.2, 0.25) is 0 Å². The smallest absolute Gasteiger partial charge is 0.321 e. The molecule has 0 atom stereocenters. The highest BCUT2D eigenvalue weighted by atomic mass is 32.1. The number of anilines is 1. The number of benzene rings is 2. The molecule has 0 spiro atoms. The van der Waals surface area contributed by atoms with Crippen molar-refractivity contribution in [2.75, 3.05) is 31.5 Å². The summed E-state index contributed by atoms with van der Waals surface area (Å²) < 4.78 is 3.09. The van der Waals surface area contributed by atoms with Gasteiger partial charge in [0.1, 0.15) is 5.69 Å². The molecule has 8 nitrogen and oxygen atoms in total. The number of carbonyl (C=O) groups is 3. The van der Waals surface area contributed by atoms with E-state index in [0.29, 0.717) is 49.5 Å². The number of rotatable bonds is 3. The lowest BCUT2D eigenvalue weighted by Crippen LogP contribution is -2.39. The van der Waals surface area contributed by atoms with E-state index < -0.39 is 0 Å². The van der Waals surface area contributed by atoms with Gasteiger partial charge in [0.05, 0.1) is 10.2 Å². The Bertz CT molecular complexity index is 1360. The van der Waals surface area contributed by atoms with E-state index in [2.05, 4.69) is 10.3 Å². The monoisotopic (exact) mass is 461 g/mol. The van der Waals surface area contributed by atoms with Gasteiger partial charge in [-0.15, -0.1) is 0 Å². The van der Waals surface area contributed by atoms with Crippen LogP contribution in [0.2, 0.25) is 0 Å². The van der Waals surface area contributed by atoms with Gasteiger partial charge >= 0.3 is 6.03 Å². The van der Waals surface area contributed by atoms with Gasteiger partial charge in [0, 0.05) is 43.6 Å². The number of fused-ring (bicyclic) bond motifs is 3. The van der Waals surface area contributed by atoms with E-state index >= 15 is 0 Å². The molecule has 0 unspecified atom stereocenters. The molecule has 9 heteroatoms. The van der Waals surface area contributed by atoms with Gasteiger partial charge in [-0.25, -0.2) is 9.78 Å². The van der Waals surface area contributed by atoms with Crippen molar-refractivity contribution in [3.05, 3.63) is 66.0 Å². The number of para-hydroxylation sites is 1. The van der Waals surface area contributed by atoms with Gasteiger partial charge in [-0.05, 0) is 49.7 Å². The zero-order chi connectivity index (χ0) is 22.9. The number of amides is 3. The number of nitrogens with one attached hydrogen (secondary N) is 1. The molecule has 1 aliphatic rings. The number of Topliss-reactive ketones (excluding diaryl/α,β-unsaturated/α-hetero) is 1. The van der Waals surface area contributed by atoms with Crippen molar-refractivity contribution in [3.63, 3.8) is 0 Å². The van der Waals surface area contributed by atoms with Crippen LogP contribution in [0.5, 0.6) is 0 Å². The predicted molar refractivity (Wildman–Crippen MR) is 128 cm³/mol. The molecule has 3 heterocycles. The summed E-state index contributed by atoms with van der Waals surface area (Å²) in [5, 5.41) is 2.87. The normalized spacial score (nSPS) is 14.5. The van der Waals surface area contributed by atoms with Gasteiger partial charge < -0.3 is 15.1 Å². The number of urea groups is 1. The molecule has 2 aromatic carbocycles. The Hall–Kier alpha value is -3.72. The fourth-order valence-electron chi connectivity index (χ4n) is 4.03. The number of nitrogens with zero attached hydrogens (tertiary/aromatic N) is 4. The molecule has 0 radical (unpaired) electrons. The number of hydrogen-bond acceptors (Lipinski definition) is 5. The first-order valence-corrected chi connectivity index (χ1v) is 11.6. The van der Waals surface area contributed by atoms with E-state index in [9.17, 15) is 14.4 Å². The summed E-state index contributed by atoms with van der Waals surface area (Å²) in [7, 11) is 0. The summed E-state index contributed by atoms with van der Waals surface area (Å²) in [5.74, 6) is -0.132. The third kappa shape index (κ3) is 4.19. The van der Waals surface area contributed by atoms with E-state index in [1.165, 1.54) is 6.92 Å². The summed E-state index contributed by atoms with van der Waals surface area (Å²) in [6.07, 6.45) is 2.49. The molecule has 1 fully saturated rings. The summed E-state index contributed by atoms with van der Waals surface area (Å²) >= 11 is 1.56. The van der Waals surface area contributed by atoms with Gasteiger partial charge in [-0.2, -0.15) is 0 Å². The SMILES string of the molecule is CC(=O)c1ccc(NC(=O)N2CCCN(C(=O)c3cn4c(n3)sc3ccccc34)CC2)cc1. The molecule has 0 aliphatic carbocycles. The average Bonchev–Trinajstić information content (AvgIpc) is 3.27. The van der Waals surface area contributed by atoms with Crippen LogP contribution >= 0.6 is 11.3 Å². The molecule has 0 bridgehead atoms. The number of carbonyl (C=O) groups excluding carboxylic acids is 3. The van der Waals surface area contributed by atoms with Crippen molar-refractivity contribution >= 4 is 49.9 Å². The van der Waals surface area contributed by atoms with Crippen LogP contribution in [0, 0.1) is 0 Å². The Morgan fingerprint density at radius 1 is 0.939 bits per heavy atom. The quantitative estimate of drug-likeness (QED) is 0.465. The van der Waals surface area contributed by atoms with E-state index in [1.54, 1.807) is 51.6 Å². The molecule has 1 N–H and O–H groups in total. The minimum atomic E-state index is -0.214. The standard InChI is InChI=1S/C24H23N5O3S/c1-16(30)17-7-9-18(10-8-17)25-23(32)28-12-4-11-27(13-14-28)22(31)19-15-29-20-5-2-3-6-21(20)33-24(29)26-19/h2-3,5-10,15H,4,11-14H2,1H3,(H,25,32). The second kappa shape index (κ2) is 8.67. The first-order valence-electron chi connectivity index (χ1n) is 10.8. The van der Waals surface area contributed by atoms with E-state index in [0.717, 1.165) is 15.2 Å². The van der Waals surface area contributed by atoms with Crippen molar-refractivity contribution in [2.24, 2.45) is 0 Å². The van der Waals surface area contributed by atoms with Crippen LogP contribution in [0.3, 0.4) is 0 Å². The van der Waals surface area contributed by atoms with E-state index in [4.69, 9.17) is 0 Å². The first kappa shape index (κ1) is 21.1. The maximum absolute atomic E-state index is 13.1. The lowest BCUT2D eigenvalue weighted by Gasteiger charge is -2.22. The van der Waals surface area contributed by atoms with Crippen LogP contribution in [0.4, 0.5) is 10.5 Å². The van der Waals surface area contributed by atoms with Crippen LogP contribution in [-0.2, 0) is 0 Å². The second-order valence-corrected chi connectivity index (χ2v) is 9.05. The summed E-state index contributed by atoms with van der Waals surface area (Å²) in [4.78, 5) is 46.1. The lowest BCUT2D eigenvalue weighted by atomic mass is 10.1. The first-order chi connectivity index (χ1) is 16.0. The van der Waals surface area contributed by atoms with Crippen LogP contribution in [0.1, 0.15) is 34.2 Å². The van der Waals surface area contributed by atoms with Gasteiger partial charge in [0.15, 0.2) is 10.7 Å². The summed E-state index contributed by atoms with van der Waals surface area (Å²) in [5.41, 5.74) is 2.70. The predicted octanol–water partition coefficient (Wildman–Crippen LogP) is 4.13. The summed E-state index contributed by atoms with van der Waals surface area (Å²) in [6.45, 7) is 3.52. The second-order valence-electron chi connectivity index (χ2n) is 8.04. The van der Waals surface area contributed by atoms with Gasteiger partial charge in [-0.1, -0.05) is 23.5 Å². The molecule has 1 saturated heterocycles. The van der Waals surface area contributed by atoms with Gasteiger partial charge in [-0.3, -0.25) is 14.0 Å². The van der Waals surface area contributed by atoms with E-state index in [-0.39, 0.29) is 17.7 Å². The largest absolute Gasteiger partial charge is 0.335 e. The zero-order valence-electron chi connectivity index (χ0n) is 18.2. The maximum Gasteiger partial charge on any atom is 0.321 e. The third-order valence-electron chi connectivity index (χ3n) is 5.83. The highest BCUT2D eigenvalue weighted by Crippen LogP contribution is 2.26. The molecule has 1 aliphatic heterocycles. The molecule has 33 heavy (non-hydrogen) atoms. The van der Waals surface area contributed by atoms with Crippen molar-refractivity contribution < 1.29 is 14.4 Å². The van der Waals surface area contributed by atoms with E-state index in [1.807, 2.05) is 28.7 Å². The minimum Gasteiger partial charge on any atom is -0.335 e. The molecular formula is C24H23N5O3S. The molecule has 5 rings (SSSR count). The van der Waals surface area contributed by atoms with Crippen LogP contribution in [-0.4, -0.2) is 63.1 Å². The topological polar surface area (TPSA) is 87.0 Å². The highest BCUT2D eigenvalue weighted by Gasteiger charge is 2.25. The molecule has 4 aromatic rings. The molecule has 3 amide bonds. The Labute approximate surface area is 194 Å². The number of ketones is 1. The third-order valence-corrected chi connectivity index (χ3v) is 6.87. The highest BCUT2D eigenvalue weighted by molar-refractivity contribution is 7.23. The average molecular weight is 462 g/mol. The van der Waals surface area contributed by atoms with Crippen molar-refractivity contribution in [2.45, 2.75) is 13.3 Å². The minimum absolute atomic E-state index is 0.0177. The van der Waals surface area contributed by atoms with Crippen LogP contribution in [0.15, 0.2) is 54.7 Å². The Kier molecular flexibility index (Phi) is 5.55. The van der Waals surface area contributed by atoms with Crippen LogP contribution in [0.25, 0.3) is 15.2 Å². The van der Waals surface area contributed by atoms with Crippen molar-refractivity contribution in [1.82, 2.24) is 19.2 Å². The number of imidazole rings is 1. The number of hydrogen-bond donors (Lipinski definition) is 1. The molecule has 0 saturated carbocycles. The van der Waals surface area contributed by atoms with Crippen molar-refractivity contribution in [3.8, 4) is 0 Å². The number of thiazole rings is 1. The Morgan fingerprint density at radius 2 is 1.67 bits per heavy atom. The fourth-order valence-corrected chi connectivity index (χ4v) is 5.04. The molecule has 168 valence electrons. The molecular weight excluding hydrogens is 438 g/mol. The van der Waals surface area contributed by atoms with Gasteiger partial charge in [0.25, 0.3) is 5.91 Å². The fraction of sp³-hybridized carbons (Fsp3) is 0.250. The van der Waals surface area contributed by atoms with Crippen LogP contribution < -0.4 is 5.32 Å². The number of aromatic nitrogens is 2. The Balaban J connectivity index is 1.24. The van der Waals surface area contributed by atoms with Crippen molar-refractivity contribution in [1.29, 1.82) is 0 Å².